The summed E-state index contributed by atoms with van der Waals surface area (Å²) in [5, 5.41) is 0. The van der Waals surface area contributed by atoms with Crippen molar-refractivity contribution in [2.24, 2.45) is 0 Å². The molecule has 0 aliphatic carbocycles. The van der Waals surface area contributed by atoms with Crippen molar-refractivity contribution in [3.8, 4) is 0 Å². The lowest BCUT2D eigenvalue weighted by molar-refractivity contribution is -0.182. The second kappa shape index (κ2) is 12.0. The first-order chi connectivity index (χ1) is 11.0. The van der Waals surface area contributed by atoms with E-state index in [1.807, 2.05) is 0 Å². The van der Waals surface area contributed by atoms with Gasteiger partial charge in [0.15, 0.2) is 0 Å². The molecular formula is C14H26F3NO5. The van der Waals surface area contributed by atoms with E-state index in [-0.39, 0.29) is 6.61 Å². The molecule has 0 aromatic heterocycles. The monoisotopic (exact) mass is 345 g/mol. The summed E-state index contributed by atoms with van der Waals surface area (Å²) >= 11 is 0. The lowest BCUT2D eigenvalue weighted by Crippen LogP contribution is -2.43. The van der Waals surface area contributed by atoms with E-state index in [2.05, 4.69) is 4.90 Å². The number of morpholine rings is 1. The molecule has 0 N–H and O–H groups in total. The predicted molar refractivity (Wildman–Crippen MR) is 76.6 cm³/mol. The first-order valence-corrected chi connectivity index (χ1v) is 7.64. The fraction of sp³-hybridized carbons (Fsp3) is 1.00. The van der Waals surface area contributed by atoms with Gasteiger partial charge in [0.2, 0.25) is 0 Å². The number of ether oxygens (including phenoxy) is 5. The van der Waals surface area contributed by atoms with Gasteiger partial charge in [0, 0.05) is 26.7 Å². The van der Waals surface area contributed by atoms with Crippen molar-refractivity contribution in [3.63, 3.8) is 0 Å². The summed E-state index contributed by atoms with van der Waals surface area (Å²) in [6, 6.07) is 0. The second-order valence-electron chi connectivity index (χ2n) is 5.14. The van der Waals surface area contributed by atoms with Gasteiger partial charge in [-0.25, -0.2) is 0 Å². The molecule has 1 aliphatic heterocycles. The highest BCUT2D eigenvalue weighted by Gasteiger charge is 2.28. The Labute approximate surface area is 134 Å². The quantitative estimate of drug-likeness (QED) is 0.491. The fourth-order valence-electron chi connectivity index (χ4n) is 2.05. The fourth-order valence-corrected chi connectivity index (χ4v) is 2.05. The van der Waals surface area contributed by atoms with Gasteiger partial charge in [-0.05, 0) is 0 Å². The second-order valence-corrected chi connectivity index (χ2v) is 5.14. The van der Waals surface area contributed by atoms with Crippen molar-refractivity contribution in [1.29, 1.82) is 0 Å². The zero-order valence-electron chi connectivity index (χ0n) is 13.5. The van der Waals surface area contributed by atoms with E-state index in [4.69, 9.17) is 23.7 Å². The van der Waals surface area contributed by atoms with Crippen LogP contribution in [0.2, 0.25) is 0 Å². The van der Waals surface area contributed by atoms with Crippen LogP contribution in [0.4, 0.5) is 13.2 Å². The topological polar surface area (TPSA) is 49.4 Å². The Balaban J connectivity index is 2.25. The third-order valence-electron chi connectivity index (χ3n) is 3.15. The largest absolute Gasteiger partial charge is 0.411 e. The highest BCUT2D eigenvalue weighted by molar-refractivity contribution is 4.69. The number of hydrogen-bond donors (Lipinski definition) is 0. The summed E-state index contributed by atoms with van der Waals surface area (Å²) in [5.41, 5.74) is 0. The Bertz CT molecular complexity index is 288. The Morgan fingerprint density at radius 1 is 1.04 bits per heavy atom. The van der Waals surface area contributed by atoms with Crippen molar-refractivity contribution >= 4 is 0 Å². The smallest absolute Gasteiger partial charge is 0.382 e. The van der Waals surface area contributed by atoms with Gasteiger partial charge in [0.25, 0.3) is 0 Å². The van der Waals surface area contributed by atoms with Crippen LogP contribution in [0, 0.1) is 0 Å². The van der Waals surface area contributed by atoms with E-state index in [0.29, 0.717) is 46.2 Å². The maximum atomic E-state index is 12.2. The molecule has 6 nitrogen and oxygen atoms in total. The van der Waals surface area contributed by atoms with Gasteiger partial charge in [-0.15, -0.1) is 0 Å². The molecule has 1 heterocycles. The zero-order chi connectivity index (χ0) is 17.0. The van der Waals surface area contributed by atoms with E-state index in [1.54, 1.807) is 7.11 Å². The molecule has 1 rings (SSSR count). The van der Waals surface area contributed by atoms with Gasteiger partial charge in [0.1, 0.15) is 6.61 Å². The zero-order valence-corrected chi connectivity index (χ0v) is 13.5. The SMILES string of the molecule is COCCOCCOC(COCC(F)(F)F)CN1CCOCC1. The summed E-state index contributed by atoms with van der Waals surface area (Å²) in [6.45, 7) is 3.48. The maximum absolute atomic E-state index is 12.2. The number of halogens is 3. The van der Waals surface area contributed by atoms with Crippen LogP contribution < -0.4 is 0 Å². The molecular weight excluding hydrogens is 319 g/mol. The van der Waals surface area contributed by atoms with Crippen molar-refractivity contribution in [2.45, 2.75) is 12.3 Å². The highest BCUT2D eigenvalue weighted by Crippen LogP contribution is 2.15. The molecule has 9 heteroatoms. The number of rotatable bonds is 12. The molecule has 1 saturated heterocycles. The van der Waals surface area contributed by atoms with E-state index in [0.717, 1.165) is 13.1 Å². The van der Waals surface area contributed by atoms with Crippen LogP contribution in [0.15, 0.2) is 0 Å². The molecule has 1 fully saturated rings. The van der Waals surface area contributed by atoms with Gasteiger partial charge in [-0.2, -0.15) is 13.2 Å². The minimum atomic E-state index is -4.33. The highest BCUT2D eigenvalue weighted by atomic mass is 19.4. The van der Waals surface area contributed by atoms with Crippen molar-refractivity contribution in [3.05, 3.63) is 0 Å². The summed E-state index contributed by atoms with van der Waals surface area (Å²) < 4.78 is 62.2. The number of hydrogen-bond acceptors (Lipinski definition) is 6. The first kappa shape index (κ1) is 20.6. The van der Waals surface area contributed by atoms with Crippen LogP contribution in [-0.2, 0) is 23.7 Å². The molecule has 23 heavy (non-hydrogen) atoms. The molecule has 1 atom stereocenters. The lowest BCUT2D eigenvalue weighted by atomic mass is 10.3. The van der Waals surface area contributed by atoms with Crippen LogP contribution in [-0.4, -0.2) is 96.8 Å². The number of nitrogens with zero attached hydrogens (tertiary/aromatic N) is 1. The summed E-state index contributed by atoms with van der Waals surface area (Å²) in [5.74, 6) is 0. The van der Waals surface area contributed by atoms with Gasteiger partial charge < -0.3 is 23.7 Å². The van der Waals surface area contributed by atoms with Crippen molar-refractivity contribution in [2.75, 3.05) is 79.6 Å². The Morgan fingerprint density at radius 3 is 2.39 bits per heavy atom. The standard InChI is InChI=1S/C14H26F3NO5/c1-19-6-7-21-8-9-23-13(11-22-12-14(15,16)17)10-18-2-4-20-5-3-18/h13H,2-12H2,1H3. The lowest BCUT2D eigenvalue weighted by Gasteiger charge is -2.30. The van der Waals surface area contributed by atoms with Crippen LogP contribution in [0.5, 0.6) is 0 Å². The Morgan fingerprint density at radius 2 is 1.74 bits per heavy atom. The van der Waals surface area contributed by atoms with Crippen LogP contribution in [0.3, 0.4) is 0 Å². The number of methoxy groups -OCH3 is 1. The minimum absolute atomic E-state index is 0.102. The van der Waals surface area contributed by atoms with Crippen molar-refractivity contribution in [1.82, 2.24) is 4.90 Å². The average molecular weight is 345 g/mol. The number of alkyl halides is 3. The van der Waals surface area contributed by atoms with Crippen LogP contribution in [0.1, 0.15) is 0 Å². The predicted octanol–water partition coefficient (Wildman–Crippen LogP) is 0.946. The van der Waals surface area contributed by atoms with E-state index in [1.165, 1.54) is 0 Å². The van der Waals surface area contributed by atoms with E-state index >= 15 is 0 Å². The minimum Gasteiger partial charge on any atom is -0.382 e. The van der Waals surface area contributed by atoms with Crippen molar-refractivity contribution < 1.29 is 36.9 Å². The van der Waals surface area contributed by atoms with Gasteiger partial charge >= 0.3 is 6.18 Å². The summed E-state index contributed by atoms with van der Waals surface area (Å²) in [7, 11) is 1.58. The van der Waals surface area contributed by atoms with Crippen LogP contribution in [0.25, 0.3) is 0 Å². The molecule has 1 unspecified atom stereocenters. The molecule has 0 aromatic rings. The molecule has 0 bridgehead atoms. The third-order valence-corrected chi connectivity index (χ3v) is 3.15. The maximum Gasteiger partial charge on any atom is 0.411 e. The molecule has 0 saturated carbocycles. The molecule has 0 radical (unpaired) electrons. The van der Waals surface area contributed by atoms with E-state index in [9.17, 15) is 13.2 Å². The first-order valence-electron chi connectivity index (χ1n) is 7.64. The molecule has 0 spiro atoms. The Hall–Kier alpha value is -0.450. The van der Waals surface area contributed by atoms with Gasteiger partial charge in [-0.3, -0.25) is 4.90 Å². The average Bonchev–Trinajstić information content (AvgIpc) is 2.50. The van der Waals surface area contributed by atoms with Gasteiger partial charge in [0.05, 0.1) is 52.4 Å². The van der Waals surface area contributed by atoms with Gasteiger partial charge in [-0.1, -0.05) is 0 Å². The Kier molecular flexibility index (Phi) is 10.7. The van der Waals surface area contributed by atoms with E-state index < -0.39 is 18.9 Å². The molecule has 138 valence electrons. The van der Waals surface area contributed by atoms with Crippen LogP contribution >= 0.6 is 0 Å². The summed E-state index contributed by atoms with van der Waals surface area (Å²) in [6.07, 6.45) is -4.76. The third kappa shape index (κ3) is 11.7. The molecule has 1 aliphatic rings. The molecule has 0 aromatic carbocycles. The summed E-state index contributed by atoms with van der Waals surface area (Å²) in [4.78, 5) is 2.09. The molecule has 0 amide bonds. The normalized spacial score (nSPS) is 18.3.